The number of aliphatic hydroxyl groups is 1. The van der Waals surface area contributed by atoms with Crippen molar-refractivity contribution in [2.75, 3.05) is 19.6 Å². The van der Waals surface area contributed by atoms with Gasteiger partial charge in [-0.05, 0) is 19.4 Å². The number of hydrogen-bond acceptors (Lipinski definition) is 2. The Morgan fingerprint density at radius 2 is 1.90 bits per heavy atom. The molecule has 0 spiro atoms. The summed E-state index contributed by atoms with van der Waals surface area (Å²) in [5.74, 6) is 0.268. The molecule has 0 aliphatic carbocycles. The van der Waals surface area contributed by atoms with Crippen molar-refractivity contribution in [2.24, 2.45) is 4.99 Å². The van der Waals surface area contributed by atoms with E-state index in [-0.39, 0.29) is 36.5 Å². The fourth-order valence-corrected chi connectivity index (χ4v) is 1.64. The molecule has 0 amide bonds. The van der Waals surface area contributed by atoms with Crippen LogP contribution in [0.4, 0.5) is 8.78 Å². The van der Waals surface area contributed by atoms with Crippen molar-refractivity contribution < 1.29 is 13.9 Å². The quantitative estimate of drug-likeness (QED) is 0.381. The molecule has 1 unspecified atom stereocenters. The van der Waals surface area contributed by atoms with Gasteiger partial charge in [-0.15, -0.1) is 24.0 Å². The lowest BCUT2D eigenvalue weighted by Crippen LogP contribution is -2.40. The van der Waals surface area contributed by atoms with Gasteiger partial charge in [0, 0.05) is 6.54 Å². The topological polar surface area (TPSA) is 56.7 Å². The zero-order valence-corrected chi connectivity index (χ0v) is 14.5. The van der Waals surface area contributed by atoms with E-state index in [0.29, 0.717) is 6.54 Å². The van der Waals surface area contributed by atoms with Gasteiger partial charge in [-0.3, -0.25) is 0 Å². The lowest BCUT2D eigenvalue weighted by molar-refractivity contribution is 0.0672. The van der Waals surface area contributed by atoms with Gasteiger partial charge in [0.05, 0.1) is 13.1 Å². The van der Waals surface area contributed by atoms with Gasteiger partial charge in [0.2, 0.25) is 0 Å². The van der Waals surface area contributed by atoms with Gasteiger partial charge in [0.25, 0.3) is 6.43 Å². The Labute approximate surface area is 141 Å². The van der Waals surface area contributed by atoms with Crippen LogP contribution in [-0.2, 0) is 5.60 Å². The fraction of sp³-hybridized carbons (Fsp3) is 0.500. The second kappa shape index (κ2) is 9.88. The van der Waals surface area contributed by atoms with Crippen LogP contribution in [0.5, 0.6) is 0 Å². The van der Waals surface area contributed by atoms with Crippen LogP contribution in [-0.4, -0.2) is 37.1 Å². The number of nitrogens with zero attached hydrogens (tertiary/aromatic N) is 1. The van der Waals surface area contributed by atoms with Crippen molar-refractivity contribution >= 4 is 29.9 Å². The molecule has 0 radical (unpaired) electrons. The number of alkyl halides is 2. The molecular weight excluding hydrogens is 391 g/mol. The highest BCUT2D eigenvalue weighted by Gasteiger charge is 2.22. The van der Waals surface area contributed by atoms with E-state index < -0.39 is 18.6 Å². The lowest BCUT2D eigenvalue weighted by atomic mass is 9.96. The summed E-state index contributed by atoms with van der Waals surface area (Å²) in [6, 6.07) is 9.11. The zero-order chi connectivity index (χ0) is 15.0. The smallest absolute Gasteiger partial charge is 0.255 e. The van der Waals surface area contributed by atoms with Gasteiger partial charge in [0.1, 0.15) is 5.60 Å². The first-order chi connectivity index (χ1) is 9.45. The number of hydrogen-bond donors (Lipinski definition) is 3. The first kappa shape index (κ1) is 20.0. The van der Waals surface area contributed by atoms with E-state index in [1.54, 1.807) is 19.1 Å². The summed E-state index contributed by atoms with van der Waals surface area (Å²) in [5.41, 5.74) is -0.414. The van der Waals surface area contributed by atoms with Crippen LogP contribution in [0.15, 0.2) is 35.3 Å². The predicted octanol–water partition coefficient (Wildman–Crippen LogP) is 2.33. The molecule has 0 bridgehead atoms. The number of guanidine groups is 1. The van der Waals surface area contributed by atoms with Crippen LogP contribution in [0.1, 0.15) is 19.4 Å². The third-order valence-electron chi connectivity index (χ3n) is 2.71. The Hall–Kier alpha value is -0.960. The second-order valence-electron chi connectivity index (χ2n) is 4.61. The highest BCUT2D eigenvalue weighted by atomic mass is 127. The van der Waals surface area contributed by atoms with Crippen LogP contribution in [0.25, 0.3) is 0 Å². The minimum atomic E-state index is -2.45. The van der Waals surface area contributed by atoms with E-state index in [1.807, 2.05) is 25.1 Å². The molecule has 0 aromatic heterocycles. The molecule has 1 aromatic carbocycles. The van der Waals surface area contributed by atoms with Crippen LogP contribution in [0.3, 0.4) is 0 Å². The van der Waals surface area contributed by atoms with Crippen molar-refractivity contribution in [3.05, 3.63) is 35.9 Å². The SMILES string of the molecule is CCNC(=NCC(C)(O)c1ccccc1)NCC(F)F.I. The molecule has 7 heteroatoms. The molecule has 0 fully saturated rings. The molecule has 0 heterocycles. The Kier molecular flexibility index (Phi) is 9.43. The minimum absolute atomic E-state index is 0. The number of halogens is 3. The number of rotatable bonds is 6. The van der Waals surface area contributed by atoms with Crippen molar-refractivity contribution in [1.82, 2.24) is 10.6 Å². The Bertz CT molecular complexity index is 427. The summed E-state index contributed by atoms with van der Waals surface area (Å²) >= 11 is 0. The van der Waals surface area contributed by atoms with E-state index >= 15 is 0 Å². The predicted molar refractivity (Wildman–Crippen MR) is 91.4 cm³/mol. The summed E-state index contributed by atoms with van der Waals surface area (Å²) in [7, 11) is 0. The monoisotopic (exact) mass is 413 g/mol. The molecule has 1 rings (SSSR count). The standard InChI is InChI=1S/C14H21F2N3O.HI/c1-3-17-13(18-9-12(15)16)19-10-14(2,20)11-7-5-4-6-8-11;/h4-8,12,20H,3,9-10H2,1-2H3,(H2,17,18,19);1H. The Balaban J connectivity index is 0.00000400. The summed E-state index contributed by atoms with van der Waals surface area (Å²) in [4.78, 5) is 4.14. The molecule has 1 atom stereocenters. The number of aliphatic imine (C=N–C) groups is 1. The van der Waals surface area contributed by atoms with E-state index in [4.69, 9.17) is 0 Å². The van der Waals surface area contributed by atoms with Crippen LogP contribution in [0, 0.1) is 0 Å². The molecule has 0 saturated carbocycles. The maximum Gasteiger partial charge on any atom is 0.255 e. The first-order valence-corrected chi connectivity index (χ1v) is 6.54. The maximum atomic E-state index is 12.2. The largest absolute Gasteiger partial charge is 0.384 e. The van der Waals surface area contributed by atoms with E-state index in [0.717, 1.165) is 5.56 Å². The summed E-state index contributed by atoms with van der Waals surface area (Å²) in [5, 5.41) is 15.7. The third kappa shape index (κ3) is 7.56. The molecule has 1 aromatic rings. The highest BCUT2D eigenvalue weighted by Crippen LogP contribution is 2.20. The van der Waals surface area contributed by atoms with Crippen molar-refractivity contribution in [1.29, 1.82) is 0 Å². The molecule has 4 nitrogen and oxygen atoms in total. The third-order valence-corrected chi connectivity index (χ3v) is 2.71. The first-order valence-electron chi connectivity index (χ1n) is 6.54. The average Bonchev–Trinajstić information content (AvgIpc) is 2.43. The van der Waals surface area contributed by atoms with Crippen molar-refractivity contribution in [3.8, 4) is 0 Å². The summed E-state index contributed by atoms with van der Waals surface area (Å²) in [6.45, 7) is 3.65. The van der Waals surface area contributed by atoms with E-state index in [1.165, 1.54) is 0 Å². The van der Waals surface area contributed by atoms with Crippen LogP contribution >= 0.6 is 24.0 Å². The fourth-order valence-electron chi connectivity index (χ4n) is 1.64. The maximum absolute atomic E-state index is 12.2. The van der Waals surface area contributed by atoms with Gasteiger partial charge < -0.3 is 15.7 Å². The summed E-state index contributed by atoms with van der Waals surface area (Å²) in [6.07, 6.45) is -2.45. The molecule has 21 heavy (non-hydrogen) atoms. The van der Waals surface area contributed by atoms with Crippen molar-refractivity contribution in [2.45, 2.75) is 25.9 Å². The van der Waals surface area contributed by atoms with Crippen LogP contribution in [0.2, 0.25) is 0 Å². The Morgan fingerprint density at radius 1 is 1.29 bits per heavy atom. The normalized spacial score (nSPS) is 14.3. The number of nitrogens with one attached hydrogen (secondary N) is 2. The minimum Gasteiger partial charge on any atom is -0.384 e. The van der Waals surface area contributed by atoms with Gasteiger partial charge >= 0.3 is 0 Å². The molecule has 0 saturated heterocycles. The van der Waals surface area contributed by atoms with E-state index in [9.17, 15) is 13.9 Å². The zero-order valence-electron chi connectivity index (χ0n) is 12.1. The molecule has 120 valence electrons. The Morgan fingerprint density at radius 3 is 2.43 bits per heavy atom. The highest BCUT2D eigenvalue weighted by molar-refractivity contribution is 14.0. The molecule has 0 aliphatic rings. The number of benzene rings is 1. The van der Waals surface area contributed by atoms with Crippen molar-refractivity contribution in [3.63, 3.8) is 0 Å². The van der Waals surface area contributed by atoms with Gasteiger partial charge in [-0.1, -0.05) is 30.3 Å². The summed E-state index contributed by atoms with van der Waals surface area (Å²) < 4.78 is 24.4. The molecule has 0 aliphatic heterocycles. The van der Waals surface area contributed by atoms with Gasteiger partial charge in [0.15, 0.2) is 5.96 Å². The van der Waals surface area contributed by atoms with Gasteiger partial charge in [-0.25, -0.2) is 13.8 Å². The van der Waals surface area contributed by atoms with Gasteiger partial charge in [-0.2, -0.15) is 0 Å². The lowest BCUT2D eigenvalue weighted by Gasteiger charge is -2.22. The van der Waals surface area contributed by atoms with Crippen LogP contribution < -0.4 is 10.6 Å². The second-order valence-corrected chi connectivity index (χ2v) is 4.61. The molecule has 3 N–H and O–H groups in total. The molecular formula is C14H22F2IN3O. The van der Waals surface area contributed by atoms with E-state index in [2.05, 4.69) is 15.6 Å². The average molecular weight is 413 g/mol.